The summed E-state index contributed by atoms with van der Waals surface area (Å²) in [5, 5.41) is 3.48. The lowest BCUT2D eigenvalue weighted by Gasteiger charge is -2.23. The highest BCUT2D eigenvalue weighted by Crippen LogP contribution is 2.19. The second-order valence-electron chi connectivity index (χ2n) is 4.46. The number of thioether (sulfide) groups is 1. The molecule has 1 rings (SSSR count). The third-order valence-corrected chi connectivity index (χ3v) is 3.89. The van der Waals surface area contributed by atoms with Gasteiger partial charge in [0.25, 0.3) is 0 Å². The molecule has 0 amide bonds. The predicted octanol–water partition coefficient (Wildman–Crippen LogP) is 2.69. The number of hydrogen-bond acceptors (Lipinski definition) is 3. The summed E-state index contributed by atoms with van der Waals surface area (Å²) >= 11 is 1.90. The van der Waals surface area contributed by atoms with E-state index < -0.39 is 0 Å². The number of rotatable bonds is 3. The molecule has 14 heavy (non-hydrogen) atoms. The molecule has 1 heterocycles. The third kappa shape index (κ3) is 4.36. The number of nitrogens with one attached hydrogen (secondary N) is 1. The summed E-state index contributed by atoms with van der Waals surface area (Å²) < 4.78 is 0.314. The molecule has 3 heteroatoms. The van der Waals surface area contributed by atoms with Crippen LogP contribution in [-0.2, 0) is 0 Å². The van der Waals surface area contributed by atoms with Crippen LogP contribution in [0.2, 0.25) is 0 Å². The van der Waals surface area contributed by atoms with Crippen LogP contribution in [0, 0.1) is 0 Å². The van der Waals surface area contributed by atoms with Crippen molar-refractivity contribution in [3.05, 3.63) is 0 Å². The second-order valence-corrected chi connectivity index (χ2v) is 5.97. The molecule has 0 aromatic carbocycles. The maximum Gasteiger partial charge on any atom is 0.0963 e. The molecule has 0 saturated heterocycles. The minimum atomic E-state index is 0.314. The van der Waals surface area contributed by atoms with Gasteiger partial charge in [0.1, 0.15) is 0 Å². The average Bonchev–Trinajstić information content (AvgIpc) is 2.43. The van der Waals surface area contributed by atoms with E-state index in [0.717, 1.165) is 19.5 Å². The maximum absolute atomic E-state index is 4.56. The zero-order valence-electron chi connectivity index (χ0n) is 9.60. The van der Waals surface area contributed by atoms with E-state index in [1.54, 1.807) is 0 Å². The Morgan fingerprint density at radius 3 is 2.86 bits per heavy atom. The Morgan fingerprint density at radius 1 is 1.36 bits per heavy atom. The van der Waals surface area contributed by atoms with Crippen molar-refractivity contribution in [1.82, 2.24) is 5.32 Å². The van der Waals surface area contributed by atoms with Crippen molar-refractivity contribution in [3.8, 4) is 0 Å². The first kappa shape index (κ1) is 11.9. The van der Waals surface area contributed by atoms with Crippen molar-refractivity contribution in [2.45, 2.75) is 44.3 Å². The van der Waals surface area contributed by atoms with Gasteiger partial charge >= 0.3 is 0 Å². The van der Waals surface area contributed by atoms with Crippen molar-refractivity contribution in [2.75, 3.05) is 19.3 Å². The van der Waals surface area contributed by atoms with Crippen LogP contribution in [0.4, 0.5) is 0 Å². The largest absolute Gasteiger partial charge is 0.372 e. The van der Waals surface area contributed by atoms with Gasteiger partial charge in [-0.2, -0.15) is 11.8 Å². The fourth-order valence-electron chi connectivity index (χ4n) is 1.41. The number of aliphatic imine (C=N–C) groups is 1. The van der Waals surface area contributed by atoms with E-state index in [4.69, 9.17) is 0 Å². The molecule has 1 aliphatic rings. The molecule has 0 aromatic heterocycles. The SMILES string of the molecule is CSC(C)(C)CNC1=NCCCCC1. The van der Waals surface area contributed by atoms with Gasteiger partial charge in [0.15, 0.2) is 0 Å². The monoisotopic (exact) mass is 214 g/mol. The molecule has 0 saturated carbocycles. The molecule has 0 atom stereocenters. The van der Waals surface area contributed by atoms with E-state index in [1.165, 1.54) is 25.1 Å². The van der Waals surface area contributed by atoms with Gasteiger partial charge in [-0.1, -0.05) is 6.42 Å². The van der Waals surface area contributed by atoms with Gasteiger partial charge < -0.3 is 5.32 Å². The second kappa shape index (κ2) is 5.64. The first-order valence-electron chi connectivity index (χ1n) is 5.46. The van der Waals surface area contributed by atoms with Crippen LogP contribution in [0.3, 0.4) is 0 Å². The van der Waals surface area contributed by atoms with E-state index in [9.17, 15) is 0 Å². The molecular weight excluding hydrogens is 192 g/mol. The zero-order chi connectivity index (χ0) is 10.4. The topological polar surface area (TPSA) is 24.4 Å². The lowest BCUT2D eigenvalue weighted by molar-refractivity contribution is 0.670. The Morgan fingerprint density at radius 2 is 2.14 bits per heavy atom. The van der Waals surface area contributed by atoms with Gasteiger partial charge in [-0.3, -0.25) is 4.99 Å². The number of nitrogens with zero attached hydrogens (tertiary/aromatic N) is 1. The van der Waals surface area contributed by atoms with Gasteiger partial charge in [-0.05, 0) is 32.9 Å². The zero-order valence-corrected chi connectivity index (χ0v) is 10.4. The first-order chi connectivity index (χ1) is 6.64. The Hall–Kier alpha value is -0.180. The Balaban J connectivity index is 2.32. The summed E-state index contributed by atoms with van der Waals surface area (Å²) in [6.07, 6.45) is 7.20. The minimum Gasteiger partial charge on any atom is -0.372 e. The van der Waals surface area contributed by atoms with Gasteiger partial charge in [0, 0.05) is 24.3 Å². The van der Waals surface area contributed by atoms with Crippen LogP contribution < -0.4 is 5.32 Å². The lowest BCUT2D eigenvalue weighted by atomic mass is 10.2. The van der Waals surface area contributed by atoms with Crippen LogP contribution in [0.25, 0.3) is 0 Å². The van der Waals surface area contributed by atoms with Gasteiger partial charge in [-0.25, -0.2) is 0 Å². The standard InChI is InChI=1S/C11H22N2S/c1-11(2,14-3)9-13-10-7-5-4-6-8-12-10/h4-9H2,1-3H3,(H,12,13). The van der Waals surface area contributed by atoms with Crippen molar-refractivity contribution >= 4 is 17.6 Å². The van der Waals surface area contributed by atoms with Gasteiger partial charge in [-0.15, -0.1) is 0 Å². The quantitative estimate of drug-likeness (QED) is 0.781. The lowest BCUT2D eigenvalue weighted by Crippen LogP contribution is -2.36. The predicted molar refractivity (Wildman–Crippen MR) is 66.4 cm³/mol. The van der Waals surface area contributed by atoms with Crippen LogP contribution in [-0.4, -0.2) is 29.9 Å². The summed E-state index contributed by atoms with van der Waals surface area (Å²) in [6, 6.07) is 0. The summed E-state index contributed by atoms with van der Waals surface area (Å²) in [4.78, 5) is 4.56. The van der Waals surface area contributed by atoms with E-state index in [1.807, 2.05) is 11.8 Å². The highest BCUT2D eigenvalue weighted by molar-refractivity contribution is 7.99. The highest BCUT2D eigenvalue weighted by atomic mass is 32.2. The molecule has 0 fully saturated rings. The van der Waals surface area contributed by atoms with Crippen molar-refractivity contribution < 1.29 is 0 Å². The Labute approximate surface area is 92.0 Å². The van der Waals surface area contributed by atoms with Crippen molar-refractivity contribution in [3.63, 3.8) is 0 Å². The summed E-state index contributed by atoms with van der Waals surface area (Å²) in [5.74, 6) is 1.23. The molecule has 0 unspecified atom stereocenters. The molecule has 0 spiro atoms. The third-order valence-electron chi connectivity index (χ3n) is 2.65. The Kier molecular flexibility index (Phi) is 4.79. The molecule has 2 nitrogen and oxygen atoms in total. The molecule has 0 aromatic rings. The van der Waals surface area contributed by atoms with Crippen molar-refractivity contribution in [1.29, 1.82) is 0 Å². The number of amidine groups is 1. The fourth-order valence-corrected chi connectivity index (χ4v) is 1.62. The molecule has 1 N–H and O–H groups in total. The van der Waals surface area contributed by atoms with Crippen LogP contribution in [0.1, 0.15) is 39.5 Å². The molecular formula is C11H22N2S. The molecule has 0 bridgehead atoms. The smallest absolute Gasteiger partial charge is 0.0963 e. The highest BCUT2D eigenvalue weighted by Gasteiger charge is 2.16. The first-order valence-corrected chi connectivity index (χ1v) is 6.69. The summed E-state index contributed by atoms with van der Waals surface area (Å²) in [7, 11) is 0. The minimum absolute atomic E-state index is 0.314. The maximum atomic E-state index is 4.56. The van der Waals surface area contributed by atoms with Crippen LogP contribution in [0.5, 0.6) is 0 Å². The molecule has 0 radical (unpaired) electrons. The average molecular weight is 214 g/mol. The normalized spacial score (nSPS) is 18.6. The van der Waals surface area contributed by atoms with E-state index in [-0.39, 0.29) is 0 Å². The van der Waals surface area contributed by atoms with Gasteiger partial charge in [0.2, 0.25) is 0 Å². The van der Waals surface area contributed by atoms with E-state index in [0.29, 0.717) is 4.75 Å². The van der Waals surface area contributed by atoms with Gasteiger partial charge in [0.05, 0.1) is 5.84 Å². The van der Waals surface area contributed by atoms with E-state index in [2.05, 4.69) is 30.4 Å². The fraction of sp³-hybridized carbons (Fsp3) is 0.909. The number of hydrogen-bond donors (Lipinski definition) is 1. The summed E-state index contributed by atoms with van der Waals surface area (Å²) in [6.45, 7) is 6.57. The molecule has 1 aliphatic heterocycles. The molecule has 0 aliphatic carbocycles. The van der Waals surface area contributed by atoms with Crippen LogP contribution in [0.15, 0.2) is 4.99 Å². The van der Waals surface area contributed by atoms with E-state index >= 15 is 0 Å². The summed E-state index contributed by atoms with van der Waals surface area (Å²) in [5.41, 5.74) is 0. The molecule has 82 valence electrons. The van der Waals surface area contributed by atoms with Crippen molar-refractivity contribution in [2.24, 2.45) is 4.99 Å². The van der Waals surface area contributed by atoms with Crippen LogP contribution >= 0.6 is 11.8 Å². The Bertz CT molecular complexity index is 199.